The van der Waals surface area contributed by atoms with Crippen LogP contribution in [-0.4, -0.2) is 63.3 Å². The first-order valence-corrected chi connectivity index (χ1v) is 11.5. The van der Waals surface area contributed by atoms with Gasteiger partial charge in [0.05, 0.1) is 37.1 Å². The topological polar surface area (TPSA) is 141 Å². The molecule has 1 unspecified atom stereocenters. The number of benzene rings is 2. The first-order valence-electron chi connectivity index (χ1n) is 11.1. The molecule has 0 amide bonds. The van der Waals surface area contributed by atoms with Crippen molar-refractivity contribution in [3.8, 4) is 28.8 Å². The van der Waals surface area contributed by atoms with E-state index in [1.807, 2.05) is 0 Å². The molecule has 202 valence electrons. The van der Waals surface area contributed by atoms with Gasteiger partial charge in [-0.15, -0.1) is 0 Å². The van der Waals surface area contributed by atoms with Crippen LogP contribution in [0.15, 0.2) is 29.1 Å². The Balaban J connectivity index is 1.84. The Morgan fingerprint density at radius 3 is 2.53 bits per heavy atom. The van der Waals surface area contributed by atoms with Gasteiger partial charge < -0.3 is 29.2 Å². The first-order chi connectivity index (χ1) is 18.2. The number of H-pyrrole nitrogens is 1. The molecule has 0 aliphatic heterocycles. The zero-order valence-electron chi connectivity index (χ0n) is 20.4. The molecule has 0 aliphatic rings. The number of methoxy groups -OCH3 is 2. The van der Waals surface area contributed by atoms with Crippen LogP contribution in [0.4, 0.5) is 8.78 Å². The van der Waals surface area contributed by atoms with Crippen LogP contribution in [0.25, 0.3) is 16.9 Å². The third kappa shape index (κ3) is 5.21. The van der Waals surface area contributed by atoms with E-state index in [2.05, 4.69) is 15.0 Å². The number of hydrogen-bond acceptors (Lipinski definition) is 9. The Kier molecular flexibility index (Phi) is 7.99. The maximum atomic E-state index is 14.5. The highest BCUT2D eigenvalue weighted by Crippen LogP contribution is 2.37. The monoisotopic (exact) mass is 552 g/mol. The summed E-state index contributed by atoms with van der Waals surface area (Å²) in [6.07, 6.45) is -1.22. The van der Waals surface area contributed by atoms with Gasteiger partial charge in [0.1, 0.15) is 36.4 Å². The van der Waals surface area contributed by atoms with Gasteiger partial charge in [0, 0.05) is 12.1 Å². The molecule has 4 rings (SSSR count). The number of nitrogens with one attached hydrogen (secondary N) is 1. The van der Waals surface area contributed by atoms with Crippen molar-refractivity contribution in [2.75, 3.05) is 27.4 Å². The molecular formula is C24H23ClF2N4O7. The van der Waals surface area contributed by atoms with Crippen LogP contribution in [0, 0.1) is 18.6 Å². The minimum Gasteiger partial charge on any atom is -0.496 e. The Hall–Kier alpha value is -3.94. The average molecular weight is 553 g/mol. The number of rotatable bonds is 10. The number of aryl methyl sites for hydroxylation is 1. The van der Waals surface area contributed by atoms with E-state index in [0.717, 1.165) is 10.6 Å². The van der Waals surface area contributed by atoms with Crippen molar-refractivity contribution in [2.24, 2.45) is 0 Å². The summed E-state index contributed by atoms with van der Waals surface area (Å²) in [5, 5.41) is 18.9. The fraction of sp³-hybridized carbons (Fsp3) is 0.292. The molecule has 4 aromatic rings. The van der Waals surface area contributed by atoms with Gasteiger partial charge in [-0.2, -0.15) is 4.98 Å². The van der Waals surface area contributed by atoms with Crippen molar-refractivity contribution in [1.29, 1.82) is 0 Å². The highest BCUT2D eigenvalue weighted by atomic mass is 35.5. The third-order valence-electron chi connectivity index (χ3n) is 5.45. The fourth-order valence-electron chi connectivity index (χ4n) is 3.64. The number of halogens is 3. The molecule has 0 aliphatic carbocycles. The number of ether oxygens (including phenoxy) is 4. The van der Waals surface area contributed by atoms with E-state index >= 15 is 0 Å². The summed E-state index contributed by atoms with van der Waals surface area (Å²) in [6, 6.07) is 4.82. The van der Waals surface area contributed by atoms with Gasteiger partial charge in [-0.25, -0.2) is 23.1 Å². The minimum atomic E-state index is -1.22. The largest absolute Gasteiger partial charge is 0.496 e. The maximum Gasteiger partial charge on any atom is 0.332 e. The van der Waals surface area contributed by atoms with E-state index in [4.69, 9.17) is 35.7 Å². The number of nitrogens with zero attached hydrogens (tertiary/aromatic N) is 3. The minimum absolute atomic E-state index is 0.00157. The molecule has 3 N–H and O–H groups in total. The van der Waals surface area contributed by atoms with Crippen LogP contribution in [0.2, 0.25) is 5.02 Å². The summed E-state index contributed by atoms with van der Waals surface area (Å²) in [4.78, 5) is 24.0. The Labute approximate surface area is 219 Å². The lowest BCUT2D eigenvalue weighted by atomic mass is 10.2. The molecule has 0 bridgehead atoms. The third-order valence-corrected chi connectivity index (χ3v) is 5.75. The normalized spacial score (nSPS) is 12.0. The average Bonchev–Trinajstić information content (AvgIpc) is 3.23. The van der Waals surface area contributed by atoms with Crippen molar-refractivity contribution in [2.45, 2.75) is 19.6 Å². The summed E-state index contributed by atoms with van der Waals surface area (Å²) in [5.41, 5.74) is -0.329. The number of aromatic amines is 1. The molecule has 14 heteroatoms. The molecule has 1 atom stereocenters. The van der Waals surface area contributed by atoms with Crippen LogP contribution in [0.3, 0.4) is 0 Å². The van der Waals surface area contributed by atoms with Crippen LogP contribution in [-0.2, 0) is 6.61 Å². The zero-order valence-corrected chi connectivity index (χ0v) is 21.2. The highest BCUT2D eigenvalue weighted by molar-refractivity contribution is 6.32. The molecule has 0 saturated heterocycles. The van der Waals surface area contributed by atoms with Gasteiger partial charge in [0.15, 0.2) is 28.8 Å². The summed E-state index contributed by atoms with van der Waals surface area (Å²) >= 11 is 6.51. The predicted octanol–water partition coefficient (Wildman–Crippen LogP) is 2.68. The molecule has 2 aromatic heterocycles. The van der Waals surface area contributed by atoms with E-state index in [0.29, 0.717) is 5.82 Å². The first kappa shape index (κ1) is 27.1. The second kappa shape index (κ2) is 11.2. The SMILES string of the molecule is COc1ccc(F)c(F)c1COc1cc(-n2c(=O)[nH]c3c(OC)nc(C)nc32)c(Cl)cc1OCC(O)CO. The van der Waals surface area contributed by atoms with Gasteiger partial charge in [0.25, 0.3) is 0 Å². The van der Waals surface area contributed by atoms with Gasteiger partial charge in [0.2, 0.25) is 5.88 Å². The highest BCUT2D eigenvalue weighted by Gasteiger charge is 2.22. The Morgan fingerprint density at radius 1 is 1.11 bits per heavy atom. The number of hydrogen-bond donors (Lipinski definition) is 3. The summed E-state index contributed by atoms with van der Waals surface area (Å²) < 4.78 is 51.3. The van der Waals surface area contributed by atoms with Crippen LogP contribution in [0.5, 0.6) is 23.1 Å². The molecule has 0 spiro atoms. The van der Waals surface area contributed by atoms with Gasteiger partial charge in [-0.1, -0.05) is 11.6 Å². The smallest absolute Gasteiger partial charge is 0.332 e. The summed E-state index contributed by atoms with van der Waals surface area (Å²) in [7, 11) is 2.69. The summed E-state index contributed by atoms with van der Waals surface area (Å²) in [5.74, 6) is -1.80. The molecule has 2 aromatic carbocycles. The maximum absolute atomic E-state index is 14.5. The molecule has 0 fully saturated rings. The van der Waals surface area contributed by atoms with Gasteiger partial charge in [-0.3, -0.25) is 4.98 Å². The van der Waals surface area contributed by atoms with Crippen LogP contribution < -0.4 is 24.6 Å². The molecule has 38 heavy (non-hydrogen) atoms. The Bertz CT molecular complexity index is 1540. The van der Waals surface area contributed by atoms with E-state index in [1.54, 1.807) is 6.92 Å². The molecular weight excluding hydrogens is 530 g/mol. The fourth-order valence-corrected chi connectivity index (χ4v) is 3.88. The van der Waals surface area contributed by atoms with Gasteiger partial charge >= 0.3 is 5.69 Å². The lowest BCUT2D eigenvalue weighted by Crippen LogP contribution is -2.21. The van der Waals surface area contributed by atoms with Crippen molar-refractivity contribution >= 4 is 22.8 Å². The molecule has 0 saturated carbocycles. The van der Waals surface area contributed by atoms with E-state index in [-0.39, 0.29) is 57.2 Å². The molecule has 0 radical (unpaired) electrons. The quantitative estimate of drug-likeness (QED) is 0.271. The van der Waals surface area contributed by atoms with E-state index in [1.165, 1.54) is 32.4 Å². The van der Waals surface area contributed by atoms with Gasteiger partial charge in [-0.05, 0) is 19.1 Å². The van der Waals surface area contributed by atoms with E-state index in [9.17, 15) is 18.7 Å². The standard InChI is InChI=1S/C24H23ClF2N4O7/c1-11-28-22-21(23(29-11)36-3)30-24(34)31(22)16-7-19(18(6-14(16)25)37-9-12(33)8-32)38-10-13-17(35-2)5-4-15(26)20(13)27/h4-7,12,32-33H,8-10H2,1-3H3,(H,30,34). The van der Waals surface area contributed by atoms with Crippen LogP contribution >= 0.6 is 11.6 Å². The van der Waals surface area contributed by atoms with E-state index < -0.39 is 36.6 Å². The Morgan fingerprint density at radius 2 is 1.84 bits per heavy atom. The number of fused-ring (bicyclic) bond motifs is 1. The number of imidazole rings is 1. The lowest BCUT2D eigenvalue weighted by Gasteiger charge is -2.18. The van der Waals surface area contributed by atoms with Crippen molar-refractivity contribution in [3.63, 3.8) is 0 Å². The lowest BCUT2D eigenvalue weighted by molar-refractivity contribution is 0.0523. The van der Waals surface area contributed by atoms with Crippen LogP contribution in [0.1, 0.15) is 11.4 Å². The number of aliphatic hydroxyl groups excluding tert-OH is 2. The van der Waals surface area contributed by atoms with Crippen molar-refractivity contribution in [3.05, 3.63) is 62.8 Å². The van der Waals surface area contributed by atoms with Crippen molar-refractivity contribution < 1.29 is 37.9 Å². The second-order valence-electron chi connectivity index (χ2n) is 7.97. The number of aliphatic hydroxyl groups is 2. The number of aromatic nitrogens is 4. The zero-order chi connectivity index (χ0) is 27.6. The molecule has 2 heterocycles. The molecule has 11 nitrogen and oxygen atoms in total. The van der Waals surface area contributed by atoms with Crippen molar-refractivity contribution in [1.82, 2.24) is 19.5 Å². The second-order valence-corrected chi connectivity index (χ2v) is 8.38. The summed E-state index contributed by atoms with van der Waals surface area (Å²) in [6.45, 7) is 0.213. The predicted molar refractivity (Wildman–Crippen MR) is 132 cm³/mol.